The van der Waals surface area contributed by atoms with Crippen molar-refractivity contribution >= 4 is 11.7 Å². The maximum atomic E-state index is 13.2. The molecule has 1 heterocycles. The van der Waals surface area contributed by atoms with Gasteiger partial charge in [-0.05, 0) is 29.8 Å². The van der Waals surface area contributed by atoms with Crippen molar-refractivity contribution in [2.75, 3.05) is 0 Å². The first kappa shape index (κ1) is 17.5. The lowest BCUT2D eigenvalue weighted by atomic mass is 10.1. The zero-order valence-corrected chi connectivity index (χ0v) is 14.0. The molecule has 1 amide bonds. The van der Waals surface area contributed by atoms with Gasteiger partial charge in [-0.1, -0.05) is 42.5 Å². The minimum Gasteiger partial charge on any atom is -0.348 e. The minimum atomic E-state index is -0.345. The molecule has 0 saturated carbocycles. The van der Waals surface area contributed by atoms with Crippen LogP contribution in [0.2, 0.25) is 0 Å². The number of carbonyl (C=O) groups is 2. The van der Waals surface area contributed by atoms with Gasteiger partial charge in [0.1, 0.15) is 5.82 Å². The smallest absolute Gasteiger partial charge is 0.251 e. The number of nitrogens with one attached hydrogen (secondary N) is 1. The van der Waals surface area contributed by atoms with Gasteiger partial charge in [0, 0.05) is 29.6 Å². The van der Waals surface area contributed by atoms with Gasteiger partial charge in [-0.15, -0.1) is 0 Å². The first-order valence-corrected chi connectivity index (χ1v) is 8.17. The molecular weight excluding hydrogens is 331 g/mol. The fourth-order valence-corrected chi connectivity index (χ4v) is 2.54. The van der Waals surface area contributed by atoms with Gasteiger partial charge in [0.05, 0.1) is 6.42 Å². The summed E-state index contributed by atoms with van der Waals surface area (Å²) < 4.78 is 13.2. The number of aromatic nitrogens is 1. The van der Waals surface area contributed by atoms with E-state index in [1.807, 2.05) is 6.07 Å². The number of nitrogens with zero attached hydrogens (tertiary/aromatic N) is 1. The molecule has 0 aliphatic carbocycles. The van der Waals surface area contributed by atoms with Crippen LogP contribution in [-0.2, 0) is 13.0 Å². The number of carbonyl (C=O) groups excluding carboxylic acids is 2. The number of amides is 1. The van der Waals surface area contributed by atoms with E-state index in [0.29, 0.717) is 22.4 Å². The Bertz CT molecular complexity index is 926. The summed E-state index contributed by atoms with van der Waals surface area (Å²) in [5, 5.41) is 2.74. The normalized spacial score (nSPS) is 10.3. The van der Waals surface area contributed by atoms with Gasteiger partial charge >= 0.3 is 0 Å². The van der Waals surface area contributed by atoms with Crippen molar-refractivity contribution in [3.05, 3.63) is 101 Å². The highest BCUT2D eigenvalue weighted by Gasteiger charge is 2.11. The van der Waals surface area contributed by atoms with E-state index in [4.69, 9.17) is 0 Å². The van der Waals surface area contributed by atoms with Gasteiger partial charge < -0.3 is 5.32 Å². The van der Waals surface area contributed by atoms with Gasteiger partial charge in [-0.2, -0.15) is 0 Å². The molecule has 1 N–H and O–H groups in total. The van der Waals surface area contributed by atoms with E-state index in [2.05, 4.69) is 10.3 Å². The summed E-state index contributed by atoms with van der Waals surface area (Å²) in [6, 6.07) is 18.2. The Morgan fingerprint density at radius 2 is 1.73 bits per heavy atom. The van der Waals surface area contributed by atoms with E-state index >= 15 is 0 Å². The largest absolute Gasteiger partial charge is 0.348 e. The van der Waals surface area contributed by atoms with Crippen LogP contribution in [0, 0.1) is 5.82 Å². The third-order valence-electron chi connectivity index (χ3n) is 3.86. The maximum absolute atomic E-state index is 13.2. The lowest BCUT2D eigenvalue weighted by molar-refractivity contribution is 0.0947. The number of Topliss-reactive ketones (excluding diaryl/α,β-unsaturated/α-hetero) is 1. The standard InChI is InChI=1S/C21H17FN2O2/c22-18-8-4-5-15(11-18)14-24-21(26)17-9-10-23-19(12-17)13-20(25)16-6-2-1-3-7-16/h1-12H,13-14H2,(H,24,26). The number of benzene rings is 2. The van der Waals surface area contributed by atoms with E-state index in [9.17, 15) is 14.0 Å². The van der Waals surface area contributed by atoms with Gasteiger partial charge in [-0.25, -0.2) is 4.39 Å². The molecule has 0 bridgehead atoms. The van der Waals surface area contributed by atoms with Gasteiger partial charge in [0.2, 0.25) is 0 Å². The zero-order chi connectivity index (χ0) is 18.4. The van der Waals surface area contributed by atoms with E-state index in [1.165, 1.54) is 18.3 Å². The van der Waals surface area contributed by atoms with Crippen LogP contribution in [0.3, 0.4) is 0 Å². The predicted molar refractivity (Wildman–Crippen MR) is 96.3 cm³/mol. The van der Waals surface area contributed by atoms with Crippen molar-refractivity contribution in [2.24, 2.45) is 0 Å². The Morgan fingerprint density at radius 1 is 0.923 bits per heavy atom. The second kappa shape index (κ2) is 8.16. The number of rotatable bonds is 6. The molecule has 3 rings (SSSR count). The van der Waals surface area contributed by atoms with Gasteiger partial charge in [0.15, 0.2) is 5.78 Å². The summed E-state index contributed by atoms with van der Waals surface area (Å²) in [7, 11) is 0. The molecule has 4 nitrogen and oxygen atoms in total. The summed E-state index contributed by atoms with van der Waals surface area (Å²) in [5.74, 6) is -0.706. The number of ketones is 1. The topological polar surface area (TPSA) is 59.1 Å². The molecule has 0 fully saturated rings. The monoisotopic (exact) mass is 348 g/mol. The predicted octanol–water partition coefficient (Wildman–Crippen LogP) is 3.58. The van der Waals surface area contributed by atoms with E-state index in [-0.39, 0.29) is 30.5 Å². The molecule has 0 aliphatic rings. The second-order valence-corrected chi connectivity index (χ2v) is 5.81. The molecule has 26 heavy (non-hydrogen) atoms. The van der Waals surface area contributed by atoms with Crippen LogP contribution in [0.4, 0.5) is 4.39 Å². The molecule has 5 heteroatoms. The highest BCUT2D eigenvalue weighted by molar-refractivity contribution is 5.98. The molecule has 0 spiro atoms. The van der Waals surface area contributed by atoms with Gasteiger partial charge in [0.25, 0.3) is 5.91 Å². The van der Waals surface area contributed by atoms with Crippen molar-refractivity contribution in [2.45, 2.75) is 13.0 Å². The third-order valence-corrected chi connectivity index (χ3v) is 3.86. The first-order valence-electron chi connectivity index (χ1n) is 8.17. The molecule has 130 valence electrons. The van der Waals surface area contributed by atoms with Crippen LogP contribution in [-0.4, -0.2) is 16.7 Å². The second-order valence-electron chi connectivity index (χ2n) is 5.81. The Hall–Kier alpha value is -3.34. The van der Waals surface area contributed by atoms with Crippen LogP contribution < -0.4 is 5.32 Å². The van der Waals surface area contributed by atoms with E-state index < -0.39 is 0 Å². The van der Waals surface area contributed by atoms with Crippen LogP contribution in [0.25, 0.3) is 0 Å². The van der Waals surface area contributed by atoms with E-state index in [1.54, 1.807) is 48.5 Å². The lowest BCUT2D eigenvalue weighted by Gasteiger charge is -2.07. The summed E-state index contributed by atoms with van der Waals surface area (Å²) in [6.45, 7) is 0.219. The Kier molecular flexibility index (Phi) is 5.49. The summed E-state index contributed by atoms with van der Waals surface area (Å²) >= 11 is 0. The highest BCUT2D eigenvalue weighted by atomic mass is 19.1. The molecule has 0 radical (unpaired) electrons. The third kappa shape index (κ3) is 4.60. The quantitative estimate of drug-likeness (QED) is 0.693. The fourth-order valence-electron chi connectivity index (χ4n) is 2.54. The molecule has 0 atom stereocenters. The van der Waals surface area contributed by atoms with Crippen molar-refractivity contribution < 1.29 is 14.0 Å². The van der Waals surface area contributed by atoms with Crippen molar-refractivity contribution in [3.8, 4) is 0 Å². The molecule has 1 aromatic heterocycles. The maximum Gasteiger partial charge on any atom is 0.251 e. The van der Waals surface area contributed by atoms with Crippen molar-refractivity contribution in [1.82, 2.24) is 10.3 Å². The van der Waals surface area contributed by atoms with Crippen LogP contribution in [0.15, 0.2) is 72.9 Å². The molecule has 3 aromatic rings. The average molecular weight is 348 g/mol. The van der Waals surface area contributed by atoms with Crippen molar-refractivity contribution in [1.29, 1.82) is 0 Å². The molecule has 2 aromatic carbocycles. The molecule has 0 saturated heterocycles. The van der Waals surface area contributed by atoms with Crippen LogP contribution >= 0.6 is 0 Å². The summed E-state index contributed by atoms with van der Waals surface area (Å²) in [4.78, 5) is 28.7. The molecule has 0 unspecified atom stereocenters. The minimum absolute atomic E-state index is 0.0598. The Balaban J connectivity index is 1.64. The SMILES string of the molecule is O=C(Cc1cc(C(=O)NCc2cccc(F)c2)ccn1)c1ccccc1. The Morgan fingerprint density at radius 3 is 2.50 bits per heavy atom. The first-order chi connectivity index (χ1) is 12.6. The molecule has 0 aliphatic heterocycles. The number of pyridine rings is 1. The van der Waals surface area contributed by atoms with Gasteiger partial charge in [-0.3, -0.25) is 14.6 Å². The fraction of sp³-hybridized carbons (Fsp3) is 0.0952. The highest BCUT2D eigenvalue weighted by Crippen LogP contribution is 2.09. The number of hydrogen-bond donors (Lipinski definition) is 1. The summed E-state index contributed by atoms with van der Waals surface area (Å²) in [5.41, 5.74) is 2.21. The van der Waals surface area contributed by atoms with Crippen LogP contribution in [0.1, 0.15) is 32.0 Å². The molecular formula is C21H17FN2O2. The van der Waals surface area contributed by atoms with Crippen LogP contribution in [0.5, 0.6) is 0 Å². The zero-order valence-electron chi connectivity index (χ0n) is 14.0. The lowest BCUT2D eigenvalue weighted by Crippen LogP contribution is -2.23. The number of hydrogen-bond acceptors (Lipinski definition) is 3. The Labute approximate surface area is 150 Å². The van der Waals surface area contributed by atoms with Crippen molar-refractivity contribution in [3.63, 3.8) is 0 Å². The van der Waals surface area contributed by atoms with E-state index in [0.717, 1.165) is 0 Å². The average Bonchev–Trinajstić information content (AvgIpc) is 2.67. The summed E-state index contributed by atoms with van der Waals surface area (Å²) in [6.07, 6.45) is 1.62. The number of halogens is 1.